The quantitative estimate of drug-likeness (QED) is 0.821. The molecule has 0 radical (unpaired) electrons. The average molecular weight is 249 g/mol. The lowest BCUT2D eigenvalue weighted by Gasteiger charge is -2.15. The van der Waals surface area contributed by atoms with E-state index in [4.69, 9.17) is 10.5 Å². The third-order valence-corrected chi connectivity index (χ3v) is 2.96. The van der Waals surface area contributed by atoms with Gasteiger partial charge in [-0.2, -0.15) is 0 Å². The highest BCUT2D eigenvalue weighted by Gasteiger charge is 2.18. The van der Waals surface area contributed by atoms with Crippen LogP contribution in [-0.2, 0) is 0 Å². The Hall–Kier alpha value is -1.75. The van der Waals surface area contributed by atoms with E-state index in [-0.39, 0.29) is 12.1 Å². The SMILES string of the molecule is C[C@@H](N)c1cccc(OCCN2CCNC2=O)c1. The molecule has 1 fully saturated rings. The normalized spacial score (nSPS) is 16.6. The summed E-state index contributed by atoms with van der Waals surface area (Å²) >= 11 is 0. The highest BCUT2D eigenvalue weighted by Crippen LogP contribution is 2.17. The van der Waals surface area contributed by atoms with Crippen LogP contribution >= 0.6 is 0 Å². The molecule has 1 atom stereocenters. The number of rotatable bonds is 5. The zero-order valence-electron chi connectivity index (χ0n) is 10.6. The van der Waals surface area contributed by atoms with E-state index in [2.05, 4.69) is 5.32 Å². The summed E-state index contributed by atoms with van der Waals surface area (Å²) in [5.41, 5.74) is 6.86. The molecule has 1 aromatic rings. The maximum absolute atomic E-state index is 11.3. The Balaban J connectivity index is 1.82. The van der Waals surface area contributed by atoms with Gasteiger partial charge in [-0.15, -0.1) is 0 Å². The molecule has 18 heavy (non-hydrogen) atoms. The zero-order chi connectivity index (χ0) is 13.0. The number of hydrogen-bond donors (Lipinski definition) is 2. The largest absolute Gasteiger partial charge is 0.492 e. The molecule has 5 heteroatoms. The number of hydrogen-bond acceptors (Lipinski definition) is 3. The summed E-state index contributed by atoms with van der Waals surface area (Å²) in [6, 6.07) is 7.73. The van der Waals surface area contributed by atoms with Crippen LogP contribution in [0.1, 0.15) is 18.5 Å². The van der Waals surface area contributed by atoms with Crippen molar-refractivity contribution in [1.29, 1.82) is 0 Å². The summed E-state index contributed by atoms with van der Waals surface area (Å²) in [7, 11) is 0. The van der Waals surface area contributed by atoms with Gasteiger partial charge in [0.25, 0.3) is 0 Å². The van der Waals surface area contributed by atoms with Gasteiger partial charge < -0.3 is 20.7 Å². The Bertz CT molecular complexity index is 420. The Labute approximate surface area is 107 Å². The van der Waals surface area contributed by atoms with Gasteiger partial charge in [0.2, 0.25) is 0 Å². The number of nitrogens with one attached hydrogen (secondary N) is 1. The molecule has 2 amide bonds. The van der Waals surface area contributed by atoms with Crippen LogP contribution in [0.4, 0.5) is 4.79 Å². The fourth-order valence-electron chi connectivity index (χ4n) is 1.89. The smallest absolute Gasteiger partial charge is 0.317 e. The van der Waals surface area contributed by atoms with Crippen molar-refractivity contribution in [3.8, 4) is 5.75 Å². The molecule has 0 unspecified atom stereocenters. The molecule has 1 aliphatic heterocycles. The van der Waals surface area contributed by atoms with Gasteiger partial charge in [0, 0.05) is 19.1 Å². The first-order valence-corrected chi connectivity index (χ1v) is 6.18. The van der Waals surface area contributed by atoms with Crippen molar-refractivity contribution in [3.63, 3.8) is 0 Å². The summed E-state index contributed by atoms with van der Waals surface area (Å²) in [6.07, 6.45) is 0. The minimum atomic E-state index is -0.0112. The molecule has 1 aliphatic rings. The summed E-state index contributed by atoms with van der Waals surface area (Å²) in [6.45, 7) is 4.51. The van der Waals surface area contributed by atoms with E-state index in [0.717, 1.165) is 24.4 Å². The van der Waals surface area contributed by atoms with Gasteiger partial charge in [-0.25, -0.2) is 4.79 Å². The minimum absolute atomic E-state index is 0.00194. The molecule has 5 nitrogen and oxygen atoms in total. The molecule has 2 rings (SSSR count). The molecule has 0 aliphatic carbocycles. The molecule has 0 spiro atoms. The second kappa shape index (κ2) is 5.73. The van der Waals surface area contributed by atoms with Crippen LogP contribution in [0, 0.1) is 0 Å². The second-order valence-corrected chi connectivity index (χ2v) is 4.43. The summed E-state index contributed by atoms with van der Waals surface area (Å²) < 4.78 is 5.63. The maximum Gasteiger partial charge on any atom is 0.317 e. The van der Waals surface area contributed by atoms with Crippen molar-refractivity contribution in [2.75, 3.05) is 26.2 Å². The first kappa shape index (κ1) is 12.7. The van der Waals surface area contributed by atoms with Crippen molar-refractivity contribution in [1.82, 2.24) is 10.2 Å². The molecule has 0 bridgehead atoms. The van der Waals surface area contributed by atoms with Gasteiger partial charge in [-0.1, -0.05) is 12.1 Å². The van der Waals surface area contributed by atoms with Gasteiger partial charge in [-0.05, 0) is 24.6 Å². The van der Waals surface area contributed by atoms with Gasteiger partial charge in [0.15, 0.2) is 0 Å². The first-order chi connectivity index (χ1) is 8.66. The van der Waals surface area contributed by atoms with Gasteiger partial charge >= 0.3 is 6.03 Å². The predicted molar refractivity (Wildman–Crippen MR) is 69.5 cm³/mol. The number of amides is 2. The van der Waals surface area contributed by atoms with Crippen molar-refractivity contribution in [3.05, 3.63) is 29.8 Å². The Morgan fingerprint density at radius 2 is 2.39 bits per heavy atom. The van der Waals surface area contributed by atoms with Gasteiger partial charge in [0.1, 0.15) is 12.4 Å². The number of nitrogens with two attached hydrogens (primary N) is 1. The summed E-state index contributed by atoms with van der Waals surface area (Å²) in [5.74, 6) is 0.796. The highest BCUT2D eigenvalue weighted by atomic mass is 16.5. The van der Waals surface area contributed by atoms with Gasteiger partial charge in [-0.3, -0.25) is 0 Å². The van der Waals surface area contributed by atoms with Crippen LogP contribution in [0.3, 0.4) is 0 Å². The van der Waals surface area contributed by atoms with E-state index < -0.39 is 0 Å². The maximum atomic E-state index is 11.3. The highest BCUT2D eigenvalue weighted by molar-refractivity contribution is 5.76. The van der Waals surface area contributed by atoms with E-state index in [1.165, 1.54) is 0 Å². The van der Waals surface area contributed by atoms with Crippen molar-refractivity contribution in [2.45, 2.75) is 13.0 Å². The molecule has 3 N–H and O–H groups in total. The number of benzene rings is 1. The number of urea groups is 1. The lowest BCUT2D eigenvalue weighted by Crippen LogP contribution is -2.31. The summed E-state index contributed by atoms with van der Waals surface area (Å²) in [4.78, 5) is 13.0. The lowest BCUT2D eigenvalue weighted by atomic mass is 10.1. The number of nitrogens with zero attached hydrogens (tertiary/aromatic N) is 1. The molecule has 1 aromatic carbocycles. The van der Waals surface area contributed by atoms with Crippen LogP contribution in [0.2, 0.25) is 0 Å². The Morgan fingerprint density at radius 3 is 3.06 bits per heavy atom. The number of carbonyl (C=O) groups is 1. The number of carbonyl (C=O) groups excluding carboxylic acids is 1. The molecular weight excluding hydrogens is 230 g/mol. The van der Waals surface area contributed by atoms with Gasteiger partial charge in [0.05, 0.1) is 6.54 Å². The van der Waals surface area contributed by atoms with Crippen LogP contribution < -0.4 is 15.8 Å². The van der Waals surface area contributed by atoms with Crippen LogP contribution in [0.5, 0.6) is 5.75 Å². The fourth-order valence-corrected chi connectivity index (χ4v) is 1.89. The standard InChI is InChI=1S/C13H19N3O2/c1-10(14)11-3-2-4-12(9-11)18-8-7-16-6-5-15-13(16)17/h2-4,9-10H,5-8,14H2,1H3,(H,15,17)/t10-/m1/s1. The first-order valence-electron chi connectivity index (χ1n) is 6.18. The van der Waals surface area contributed by atoms with Crippen molar-refractivity contribution < 1.29 is 9.53 Å². The molecule has 98 valence electrons. The lowest BCUT2D eigenvalue weighted by molar-refractivity contribution is 0.202. The fraction of sp³-hybridized carbons (Fsp3) is 0.462. The van der Waals surface area contributed by atoms with Crippen molar-refractivity contribution in [2.24, 2.45) is 5.73 Å². The zero-order valence-corrected chi connectivity index (χ0v) is 10.6. The van der Waals surface area contributed by atoms with E-state index in [0.29, 0.717) is 13.2 Å². The van der Waals surface area contributed by atoms with Crippen molar-refractivity contribution >= 4 is 6.03 Å². The van der Waals surface area contributed by atoms with E-state index in [9.17, 15) is 4.79 Å². The third kappa shape index (κ3) is 3.13. The second-order valence-electron chi connectivity index (χ2n) is 4.43. The van der Waals surface area contributed by atoms with Crippen LogP contribution in [0.25, 0.3) is 0 Å². The van der Waals surface area contributed by atoms with Crippen LogP contribution in [0.15, 0.2) is 24.3 Å². The van der Waals surface area contributed by atoms with E-state index in [1.807, 2.05) is 31.2 Å². The number of ether oxygens (including phenoxy) is 1. The molecule has 1 saturated heterocycles. The Kier molecular flexibility index (Phi) is 4.04. The van der Waals surface area contributed by atoms with E-state index >= 15 is 0 Å². The molecule has 0 saturated carbocycles. The average Bonchev–Trinajstić information content (AvgIpc) is 2.76. The summed E-state index contributed by atoms with van der Waals surface area (Å²) in [5, 5.41) is 2.76. The molecular formula is C13H19N3O2. The molecule has 1 heterocycles. The van der Waals surface area contributed by atoms with Crippen LogP contribution in [-0.4, -0.2) is 37.2 Å². The third-order valence-electron chi connectivity index (χ3n) is 2.96. The topological polar surface area (TPSA) is 67.6 Å². The minimum Gasteiger partial charge on any atom is -0.492 e. The Morgan fingerprint density at radius 1 is 1.56 bits per heavy atom. The van der Waals surface area contributed by atoms with E-state index in [1.54, 1.807) is 4.90 Å². The predicted octanol–water partition coefficient (Wildman–Crippen LogP) is 1.11. The molecule has 0 aromatic heterocycles. The monoisotopic (exact) mass is 249 g/mol.